The molecule has 2 saturated heterocycles. The van der Waals surface area contributed by atoms with Gasteiger partial charge in [0.05, 0.1) is 30.7 Å². The van der Waals surface area contributed by atoms with Gasteiger partial charge in [0, 0.05) is 32.7 Å². The first-order valence-electron chi connectivity index (χ1n) is 11.9. The molecule has 8 nitrogen and oxygen atoms in total. The number of amides is 2. The molecule has 2 bridgehead atoms. The summed E-state index contributed by atoms with van der Waals surface area (Å²) < 4.78 is 11.2. The van der Waals surface area contributed by atoms with Crippen LogP contribution >= 0.6 is 24.0 Å². The number of ether oxygens (including phenoxy) is 1. The molecule has 5 rings (SSSR count). The third-order valence-corrected chi connectivity index (χ3v) is 7.16. The second kappa shape index (κ2) is 11.0. The van der Waals surface area contributed by atoms with E-state index in [1.807, 2.05) is 12.1 Å². The van der Waals surface area contributed by atoms with Crippen molar-refractivity contribution in [1.82, 2.24) is 15.5 Å². The number of halogens is 1. The zero-order valence-corrected chi connectivity index (χ0v) is 21.1. The summed E-state index contributed by atoms with van der Waals surface area (Å²) in [5, 5.41) is 6.64. The number of guanidine groups is 1. The monoisotopic (exact) mass is 568 g/mol. The molecular weight excluding hydrogens is 535 g/mol. The molecule has 2 amide bonds. The smallest absolute Gasteiger partial charge is 0.233 e. The van der Waals surface area contributed by atoms with Crippen LogP contribution in [0.4, 0.5) is 0 Å². The van der Waals surface area contributed by atoms with Gasteiger partial charge in [-0.15, -0.1) is 24.0 Å². The van der Waals surface area contributed by atoms with Crippen molar-refractivity contribution in [1.29, 1.82) is 0 Å². The summed E-state index contributed by atoms with van der Waals surface area (Å²) in [5.74, 6) is 1.80. The van der Waals surface area contributed by atoms with Crippen LogP contribution in [0.15, 0.2) is 40.0 Å². The normalized spacial score (nSPS) is 30.5. The van der Waals surface area contributed by atoms with Gasteiger partial charge in [-0.05, 0) is 49.7 Å². The van der Waals surface area contributed by atoms with Gasteiger partial charge in [-0.25, -0.2) is 0 Å². The summed E-state index contributed by atoms with van der Waals surface area (Å²) in [4.78, 5) is 31.9. The summed E-state index contributed by atoms with van der Waals surface area (Å²) in [6.45, 7) is 2.90. The molecule has 0 radical (unpaired) electrons. The molecule has 0 spiro atoms. The minimum Gasteiger partial charge on any atom is -0.469 e. The topological polar surface area (TPSA) is 96.2 Å². The summed E-state index contributed by atoms with van der Waals surface area (Å²) in [6, 6.07) is 3.83. The lowest BCUT2D eigenvalue weighted by molar-refractivity contribution is -0.140. The zero-order chi connectivity index (χ0) is 21.9. The molecule has 33 heavy (non-hydrogen) atoms. The van der Waals surface area contributed by atoms with Crippen LogP contribution in [0.25, 0.3) is 0 Å². The predicted molar refractivity (Wildman–Crippen MR) is 134 cm³/mol. The molecule has 3 fully saturated rings. The number of imide groups is 1. The van der Waals surface area contributed by atoms with Crippen LogP contribution < -0.4 is 10.6 Å². The SMILES string of the molecule is I.O=C1C2C3C=CC(C3)C2C(=O)N1CCNC(=NCC1CCCCO1)NCCc1ccco1. The highest BCUT2D eigenvalue weighted by Gasteiger charge is 2.58. The molecule has 0 aromatic carbocycles. The number of likely N-dealkylation sites (tertiary alicyclic amines) is 1. The van der Waals surface area contributed by atoms with Crippen molar-refractivity contribution in [2.45, 2.75) is 38.2 Å². The number of furan rings is 1. The lowest BCUT2D eigenvalue weighted by Gasteiger charge is -2.22. The Morgan fingerprint density at radius 3 is 2.52 bits per heavy atom. The molecule has 5 atom stereocenters. The van der Waals surface area contributed by atoms with E-state index in [1.54, 1.807) is 6.26 Å². The molecule has 4 aliphatic rings. The van der Waals surface area contributed by atoms with E-state index < -0.39 is 0 Å². The first-order chi connectivity index (χ1) is 15.7. The van der Waals surface area contributed by atoms with Crippen LogP contribution in [0.3, 0.4) is 0 Å². The Balaban J connectivity index is 0.00000259. The van der Waals surface area contributed by atoms with Crippen molar-refractivity contribution in [2.24, 2.45) is 28.7 Å². The number of hydrogen-bond donors (Lipinski definition) is 2. The van der Waals surface area contributed by atoms with Gasteiger partial charge < -0.3 is 19.8 Å². The lowest BCUT2D eigenvalue weighted by Crippen LogP contribution is -2.44. The van der Waals surface area contributed by atoms with Gasteiger partial charge in [-0.3, -0.25) is 19.5 Å². The van der Waals surface area contributed by atoms with Crippen LogP contribution in [0.5, 0.6) is 0 Å². The van der Waals surface area contributed by atoms with Crippen molar-refractivity contribution < 1.29 is 18.7 Å². The average molecular weight is 568 g/mol. The number of rotatable bonds is 8. The van der Waals surface area contributed by atoms with Gasteiger partial charge >= 0.3 is 0 Å². The molecular formula is C24H33IN4O4. The van der Waals surface area contributed by atoms with Crippen LogP contribution in [0.2, 0.25) is 0 Å². The van der Waals surface area contributed by atoms with E-state index in [0.717, 1.165) is 38.1 Å². The Bertz CT molecular complexity index is 851. The summed E-state index contributed by atoms with van der Waals surface area (Å²) in [6.07, 6.45) is 11.1. The molecule has 2 aliphatic heterocycles. The summed E-state index contributed by atoms with van der Waals surface area (Å²) in [7, 11) is 0. The van der Waals surface area contributed by atoms with Gasteiger partial charge in [-0.1, -0.05) is 12.2 Å². The number of nitrogens with zero attached hydrogens (tertiary/aromatic N) is 2. The second-order valence-electron chi connectivity index (χ2n) is 9.19. The van der Waals surface area contributed by atoms with Crippen molar-refractivity contribution in [3.05, 3.63) is 36.3 Å². The van der Waals surface area contributed by atoms with Crippen LogP contribution in [0, 0.1) is 23.7 Å². The molecule has 2 N–H and O–H groups in total. The molecule has 9 heteroatoms. The zero-order valence-electron chi connectivity index (χ0n) is 18.8. The van der Waals surface area contributed by atoms with E-state index in [2.05, 4.69) is 22.8 Å². The highest BCUT2D eigenvalue weighted by atomic mass is 127. The van der Waals surface area contributed by atoms with Gasteiger partial charge in [0.2, 0.25) is 11.8 Å². The fraction of sp³-hybridized carbons (Fsp3) is 0.625. The van der Waals surface area contributed by atoms with Gasteiger partial charge in [-0.2, -0.15) is 0 Å². The van der Waals surface area contributed by atoms with Crippen molar-refractivity contribution in [2.75, 3.05) is 32.8 Å². The van der Waals surface area contributed by atoms with E-state index in [4.69, 9.17) is 14.1 Å². The molecule has 5 unspecified atom stereocenters. The highest BCUT2D eigenvalue weighted by Crippen LogP contribution is 2.52. The van der Waals surface area contributed by atoms with E-state index >= 15 is 0 Å². The quantitative estimate of drug-likeness (QED) is 0.164. The fourth-order valence-corrected chi connectivity index (χ4v) is 5.55. The fourth-order valence-electron chi connectivity index (χ4n) is 5.55. The Labute approximate surface area is 211 Å². The van der Waals surface area contributed by atoms with Gasteiger partial charge in [0.15, 0.2) is 5.96 Å². The first-order valence-corrected chi connectivity index (χ1v) is 11.9. The molecule has 180 valence electrons. The summed E-state index contributed by atoms with van der Waals surface area (Å²) in [5.41, 5.74) is 0. The van der Waals surface area contributed by atoms with Crippen molar-refractivity contribution in [3.63, 3.8) is 0 Å². The highest BCUT2D eigenvalue weighted by molar-refractivity contribution is 14.0. The molecule has 2 aliphatic carbocycles. The Morgan fingerprint density at radius 1 is 1.09 bits per heavy atom. The Kier molecular flexibility index (Phi) is 8.11. The lowest BCUT2D eigenvalue weighted by atomic mass is 9.85. The maximum Gasteiger partial charge on any atom is 0.233 e. The van der Waals surface area contributed by atoms with Crippen LogP contribution in [-0.4, -0.2) is 61.6 Å². The minimum absolute atomic E-state index is 0. The maximum atomic E-state index is 12.9. The van der Waals surface area contributed by atoms with Gasteiger partial charge in [0.1, 0.15) is 5.76 Å². The minimum atomic E-state index is -0.138. The summed E-state index contributed by atoms with van der Waals surface area (Å²) >= 11 is 0. The molecule has 1 aromatic heterocycles. The number of aliphatic imine (C=N–C) groups is 1. The Hall–Kier alpha value is -1.88. The van der Waals surface area contributed by atoms with E-state index in [-0.39, 0.29) is 65.6 Å². The number of carbonyl (C=O) groups excluding carboxylic acids is 2. The van der Waals surface area contributed by atoms with Crippen LogP contribution in [-0.2, 0) is 20.7 Å². The van der Waals surface area contributed by atoms with Crippen molar-refractivity contribution in [3.8, 4) is 0 Å². The number of hydrogen-bond acceptors (Lipinski definition) is 5. The number of carbonyl (C=O) groups is 2. The molecule has 3 heterocycles. The third-order valence-electron chi connectivity index (χ3n) is 7.16. The number of fused-ring (bicyclic) bond motifs is 5. The largest absolute Gasteiger partial charge is 0.469 e. The van der Waals surface area contributed by atoms with Gasteiger partial charge in [0.25, 0.3) is 0 Å². The number of nitrogens with one attached hydrogen (secondary N) is 2. The number of allylic oxidation sites excluding steroid dienone is 2. The Morgan fingerprint density at radius 2 is 1.85 bits per heavy atom. The third kappa shape index (κ3) is 5.29. The van der Waals surface area contributed by atoms with Crippen LogP contribution in [0.1, 0.15) is 31.4 Å². The maximum absolute atomic E-state index is 12.9. The van der Waals surface area contributed by atoms with Crippen molar-refractivity contribution >= 4 is 41.8 Å². The van der Waals surface area contributed by atoms with E-state index in [1.165, 1.54) is 11.3 Å². The van der Waals surface area contributed by atoms with E-state index in [0.29, 0.717) is 32.1 Å². The second-order valence-corrected chi connectivity index (χ2v) is 9.19. The predicted octanol–water partition coefficient (Wildman–Crippen LogP) is 2.35. The van der Waals surface area contributed by atoms with E-state index in [9.17, 15) is 9.59 Å². The standard InChI is InChI=1S/C24H32N4O4.HI/c29-22-20-16-6-7-17(14-16)21(20)23(30)28(22)11-10-26-24(25-9-8-18-5-3-13-31-18)27-15-19-4-1-2-12-32-19;/h3,5-7,13,16-17,19-21H,1-2,4,8-12,14-15H2,(H2,25,26,27);1H. The molecule has 1 aromatic rings. The average Bonchev–Trinajstić information content (AvgIpc) is 3.60. The molecule has 1 saturated carbocycles. The first kappa shape index (κ1) is 24.3.